The van der Waals surface area contributed by atoms with Gasteiger partial charge >= 0.3 is 6.09 Å². The van der Waals surface area contributed by atoms with Crippen molar-refractivity contribution in [1.82, 2.24) is 0 Å². The number of hydrogen-bond acceptors (Lipinski definition) is 6. The first-order valence-electron chi connectivity index (χ1n) is 5.03. The van der Waals surface area contributed by atoms with E-state index in [2.05, 4.69) is 10.1 Å². The van der Waals surface area contributed by atoms with Crippen molar-refractivity contribution in [2.24, 2.45) is 5.73 Å². The molecule has 8 heteroatoms. The van der Waals surface area contributed by atoms with Crippen LogP contribution in [0, 0.1) is 10.1 Å². The van der Waals surface area contributed by atoms with E-state index >= 15 is 0 Å². The molecule has 0 aliphatic rings. The third-order valence-electron chi connectivity index (χ3n) is 2.06. The van der Waals surface area contributed by atoms with Gasteiger partial charge in [-0.05, 0) is 6.07 Å². The standard InChI is InChI=1S/C10H13N3O5/c1-17-7-2-3-9(13(15)16)8(6-7)12-4-5-18-10(11)14/h2-3,6,12H,4-5H2,1H3,(H2,11,14). The SMILES string of the molecule is COc1ccc([N+](=O)[O-])c(NCCOC(N)=O)c1. The molecule has 0 saturated carbocycles. The van der Waals surface area contributed by atoms with Crippen LogP contribution in [0.4, 0.5) is 16.2 Å². The highest BCUT2D eigenvalue weighted by atomic mass is 16.6. The quantitative estimate of drug-likeness (QED) is 0.446. The number of hydrogen-bond donors (Lipinski definition) is 2. The molecular formula is C10H13N3O5. The number of carbonyl (C=O) groups is 1. The van der Waals surface area contributed by atoms with Gasteiger partial charge in [-0.3, -0.25) is 10.1 Å². The lowest BCUT2D eigenvalue weighted by atomic mass is 10.2. The minimum Gasteiger partial charge on any atom is -0.497 e. The van der Waals surface area contributed by atoms with Crippen molar-refractivity contribution in [2.45, 2.75) is 0 Å². The molecule has 1 aromatic rings. The van der Waals surface area contributed by atoms with Crippen LogP contribution in [0.2, 0.25) is 0 Å². The maximum Gasteiger partial charge on any atom is 0.404 e. The molecule has 0 aliphatic carbocycles. The van der Waals surface area contributed by atoms with Crippen molar-refractivity contribution in [1.29, 1.82) is 0 Å². The van der Waals surface area contributed by atoms with Crippen LogP contribution >= 0.6 is 0 Å². The molecule has 0 spiro atoms. The normalized spacial score (nSPS) is 9.61. The third-order valence-corrected chi connectivity index (χ3v) is 2.06. The number of primary amides is 1. The van der Waals surface area contributed by atoms with E-state index in [1.54, 1.807) is 0 Å². The number of ether oxygens (including phenoxy) is 2. The Kier molecular flexibility index (Phi) is 4.73. The number of rotatable bonds is 6. The highest BCUT2D eigenvalue weighted by molar-refractivity contribution is 5.65. The van der Waals surface area contributed by atoms with E-state index in [-0.39, 0.29) is 24.5 Å². The summed E-state index contributed by atoms with van der Waals surface area (Å²) in [7, 11) is 1.46. The number of carbonyl (C=O) groups excluding carboxylic acids is 1. The smallest absolute Gasteiger partial charge is 0.404 e. The van der Waals surface area contributed by atoms with Crippen molar-refractivity contribution in [2.75, 3.05) is 25.6 Å². The van der Waals surface area contributed by atoms with E-state index in [1.165, 1.54) is 25.3 Å². The molecule has 0 atom stereocenters. The molecule has 0 aliphatic heterocycles. The summed E-state index contributed by atoms with van der Waals surface area (Å²) in [6.07, 6.45) is -0.892. The summed E-state index contributed by atoms with van der Waals surface area (Å²) in [5.41, 5.74) is 4.98. The number of nitrogens with two attached hydrogens (primary N) is 1. The molecule has 0 unspecified atom stereocenters. The second-order valence-corrected chi connectivity index (χ2v) is 3.23. The molecule has 0 bridgehead atoms. The number of nitro groups is 1. The maximum absolute atomic E-state index is 10.8. The summed E-state index contributed by atoms with van der Waals surface area (Å²) < 4.78 is 9.46. The van der Waals surface area contributed by atoms with Crippen molar-refractivity contribution in [3.63, 3.8) is 0 Å². The minimum absolute atomic E-state index is 0.0176. The van der Waals surface area contributed by atoms with Crippen LogP contribution in [0.25, 0.3) is 0 Å². The monoisotopic (exact) mass is 255 g/mol. The van der Waals surface area contributed by atoms with E-state index in [0.29, 0.717) is 5.75 Å². The van der Waals surface area contributed by atoms with Crippen LogP contribution in [0.5, 0.6) is 5.75 Å². The predicted octanol–water partition coefficient (Wildman–Crippen LogP) is 1.11. The van der Waals surface area contributed by atoms with Gasteiger partial charge in [0.05, 0.1) is 12.0 Å². The van der Waals surface area contributed by atoms with E-state index in [1.807, 2.05) is 0 Å². The molecule has 0 radical (unpaired) electrons. The van der Waals surface area contributed by atoms with Gasteiger partial charge < -0.3 is 20.5 Å². The fraction of sp³-hybridized carbons (Fsp3) is 0.300. The van der Waals surface area contributed by atoms with Gasteiger partial charge in [-0.25, -0.2) is 4.79 Å². The molecule has 0 fully saturated rings. The molecule has 1 rings (SSSR count). The molecule has 0 heterocycles. The largest absolute Gasteiger partial charge is 0.497 e. The van der Waals surface area contributed by atoms with Crippen LogP contribution in [-0.2, 0) is 4.74 Å². The summed E-state index contributed by atoms with van der Waals surface area (Å²) in [4.78, 5) is 20.6. The van der Waals surface area contributed by atoms with Crippen molar-refractivity contribution >= 4 is 17.5 Å². The minimum atomic E-state index is -0.892. The van der Waals surface area contributed by atoms with Gasteiger partial charge in [0.15, 0.2) is 0 Å². The average Bonchev–Trinajstić information content (AvgIpc) is 2.33. The third kappa shape index (κ3) is 3.81. The van der Waals surface area contributed by atoms with Crippen LogP contribution in [0.3, 0.4) is 0 Å². The van der Waals surface area contributed by atoms with Gasteiger partial charge in [0, 0.05) is 18.7 Å². The molecule has 98 valence electrons. The Bertz CT molecular complexity index is 449. The average molecular weight is 255 g/mol. The zero-order chi connectivity index (χ0) is 13.5. The van der Waals surface area contributed by atoms with Gasteiger partial charge in [-0.1, -0.05) is 0 Å². The Morgan fingerprint density at radius 2 is 2.28 bits per heavy atom. The summed E-state index contributed by atoms with van der Waals surface area (Å²) in [5, 5.41) is 13.6. The Labute approximate surface area is 103 Å². The fourth-order valence-corrected chi connectivity index (χ4v) is 1.28. The molecule has 18 heavy (non-hydrogen) atoms. The number of amides is 1. The van der Waals surface area contributed by atoms with E-state index in [9.17, 15) is 14.9 Å². The van der Waals surface area contributed by atoms with Gasteiger partial charge in [0.2, 0.25) is 0 Å². The second kappa shape index (κ2) is 6.28. The summed E-state index contributed by atoms with van der Waals surface area (Å²) in [5.74, 6) is 0.485. The lowest BCUT2D eigenvalue weighted by Crippen LogP contribution is -2.18. The van der Waals surface area contributed by atoms with Crippen molar-refractivity contribution in [3.8, 4) is 5.75 Å². The number of nitro benzene ring substituents is 1. The van der Waals surface area contributed by atoms with Gasteiger partial charge in [-0.2, -0.15) is 0 Å². The van der Waals surface area contributed by atoms with Gasteiger partial charge in [0.25, 0.3) is 5.69 Å². The lowest BCUT2D eigenvalue weighted by Gasteiger charge is -2.08. The fourth-order valence-electron chi connectivity index (χ4n) is 1.28. The predicted molar refractivity (Wildman–Crippen MR) is 63.7 cm³/mol. The number of methoxy groups -OCH3 is 1. The van der Waals surface area contributed by atoms with E-state index in [0.717, 1.165) is 0 Å². The molecule has 1 aromatic carbocycles. The Hall–Kier alpha value is -2.51. The summed E-state index contributed by atoms with van der Waals surface area (Å²) in [6, 6.07) is 4.31. The Balaban J connectivity index is 2.71. The highest BCUT2D eigenvalue weighted by Gasteiger charge is 2.14. The van der Waals surface area contributed by atoms with Gasteiger partial charge in [0.1, 0.15) is 18.0 Å². The number of benzene rings is 1. The number of anilines is 1. The van der Waals surface area contributed by atoms with Crippen molar-refractivity contribution < 1.29 is 19.2 Å². The first-order chi connectivity index (χ1) is 8.54. The molecule has 0 saturated heterocycles. The summed E-state index contributed by atoms with van der Waals surface area (Å²) in [6.45, 7) is 0.223. The second-order valence-electron chi connectivity index (χ2n) is 3.23. The van der Waals surface area contributed by atoms with Crippen LogP contribution < -0.4 is 15.8 Å². The molecule has 1 amide bonds. The number of nitrogens with zero attached hydrogens (tertiary/aromatic N) is 1. The molecule has 3 N–H and O–H groups in total. The lowest BCUT2D eigenvalue weighted by molar-refractivity contribution is -0.384. The number of nitrogens with one attached hydrogen (secondary N) is 1. The molecular weight excluding hydrogens is 242 g/mol. The first-order valence-corrected chi connectivity index (χ1v) is 5.03. The molecule has 0 aromatic heterocycles. The van der Waals surface area contributed by atoms with E-state index < -0.39 is 11.0 Å². The van der Waals surface area contributed by atoms with Crippen LogP contribution in [0.1, 0.15) is 0 Å². The Morgan fingerprint density at radius 3 is 2.83 bits per heavy atom. The topological polar surface area (TPSA) is 117 Å². The zero-order valence-corrected chi connectivity index (χ0v) is 9.71. The first kappa shape index (κ1) is 13.6. The van der Waals surface area contributed by atoms with Crippen molar-refractivity contribution in [3.05, 3.63) is 28.3 Å². The maximum atomic E-state index is 10.8. The van der Waals surface area contributed by atoms with Crippen LogP contribution in [0.15, 0.2) is 18.2 Å². The summed E-state index contributed by atoms with van der Waals surface area (Å²) >= 11 is 0. The van der Waals surface area contributed by atoms with Gasteiger partial charge in [-0.15, -0.1) is 0 Å². The zero-order valence-electron chi connectivity index (χ0n) is 9.71. The van der Waals surface area contributed by atoms with Crippen LogP contribution in [-0.4, -0.2) is 31.3 Å². The highest BCUT2D eigenvalue weighted by Crippen LogP contribution is 2.28. The Morgan fingerprint density at radius 1 is 1.56 bits per heavy atom. The molecule has 8 nitrogen and oxygen atoms in total. The van der Waals surface area contributed by atoms with E-state index in [4.69, 9.17) is 10.5 Å².